The van der Waals surface area contributed by atoms with Crippen molar-refractivity contribution < 1.29 is 8.42 Å². The van der Waals surface area contributed by atoms with Crippen molar-refractivity contribution in [2.75, 3.05) is 42.7 Å². The van der Waals surface area contributed by atoms with Crippen molar-refractivity contribution >= 4 is 49.9 Å². The third kappa shape index (κ3) is 3.63. The molecule has 1 unspecified atom stereocenters. The summed E-state index contributed by atoms with van der Waals surface area (Å²) in [5, 5.41) is 4.01. The number of aromatic nitrogens is 6. The second-order valence-corrected chi connectivity index (χ2v) is 10.1. The number of rotatable bonds is 5. The van der Waals surface area contributed by atoms with Crippen LogP contribution in [0.4, 0.5) is 11.6 Å². The molecule has 1 atom stereocenters. The minimum atomic E-state index is -3.22. The Kier molecular flexibility index (Phi) is 5.14. The normalized spacial score (nSPS) is 16.7. The van der Waals surface area contributed by atoms with E-state index in [1.807, 2.05) is 17.4 Å². The third-order valence-electron chi connectivity index (χ3n) is 5.70. The number of pyridine rings is 1. The molecule has 2 N–H and O–H groups in total. The van der Waals surface area contributed by atoms with Gasteiger partial charge in [0.2, 0.25) is 10.0 Å². The average molecular weight is 476 g/mol. The molecule has 5 heterocycles. The van der Waals surface area contributed by atoms with E-state index in [9.17, 15) is 8.42 Å². The summed E-state index contributed by atoms with van der Waals surface area (Å²) in [5.74, 6) is 1.53. The Morgan fingerprint density at radius 1 is 1.19 bits per heavy atom. The molecule has 1 fully saturated rings. The first-order valence-electron chi connectivity index (χ1n) is 10.1. The Labute approximate surface area is 189 Å². The number of nitrogens with one attached hydrogen (secondary N) is 2. The average Bonchev–Trinajstić information content (AvgIpc) is 3.43. The smallest absolute Gasteiger partial charge is 0.211 e. The lowest BCUT2D eigenvalue weighted by Gasteiger charge is -2.36. The monoisotopic (exact) mass is 475 g/mol. The molecule has 0 saturated carbocycles. The van der Waals surface area contributed by atoms with Gasteiger partial charge in [0.15, 0.2) is 11.5 Å². The molecule has 11 nitrogen and oxygen atoms in total. The van der Waals surface area contributed by atoms with Gasteiger partial charge in [0, 0.05) is 31.7 Å². The maximum Gasteiger partial charge on any atom is 0.211 e. The molecule has 13 heteroatoms. The maximum atomic E-state index is 12.0. The number of anilines is 2. The van der Waals surface area contributed by atoms with Gasteiger partial charge in [-0.25, -0.2) is 28.4 Å². The highest BCUT2D eigenvalue weighted by Crippen LogP contribution is 2.35. The molecule has 4 aromatic heterocycles. The first kappa shape index (κ1) is 20.9. The Bertz CT molecular complexity index is 1390. The quantitative estimate of drug-likeness (QED) is 0.448. The summed E-state index contributed by atoms with van der Waals surface area (Å²) in [7, 11) is -3.22. The number of hydrogen-bond acceptors (Lipinski definition) is 8. The molecule has 0 bridgehead atoms. The lowest BCUT2D eigenvalue weighted by atomic mass is 10.1. The molecule has 0 aliphatic carbocycles. The predicted octanol–water partition coefficient (Wildman–Crippen LogP) is 1.91. The zero-order chi connectivity index (χ0) is 22.5. The number of halogens is 1. The first-order chi connectivity index (χ1) is 15.3. The van der Waals surface area contributed by atoms with Crippen molar-refractivity contribution in [2.45, 2.75) is 13.0 Å². The number of hydrogen-bond donors (Lipinski definition) is 2. The molecule has 0 radical (unpaired) electrons. The molecule has 1 aliphatic heterocycles. The van der Waals surface area contributed by atoms with Gasteiger partial charge in [0.1, 0.15) is 24.0 Å². The van der Waals surface area contributed by atoms with Gasteiger partial charge in [-0.3, -0.25) is 4.40 Å². The molecular weight excluding hydrogens is 454 g/mol. The van der Waals surface area contributed by atoms with E-state index in [1.165, 1.54) is 16.9 Å². The minimum absolute atomic E-state index is 0.183. The molecule has 5 rings (SSSR count). The number of nitrogens with zero attached hydrogens (tertiary/aromatic N) is 7. The minimum Gasteiger partial charge on any atom is -0.361 e. The number of piperazine rings is 1. The summed E-state index contributed by atoms with van der Waals surface area (Å²) in [6.45, 7) is 3.96. The lowest BCUT2D eigenvalue weighted by molar-refractivity contribution is 0.386. The summed E-state index contributed by atoms with van der Waals surface area (Å²) >= 11 is 6.58. The zero-order valence-corrected chi connectivity index (χ0v) is 19.1. The van der Waals surface area contributed by atoms with Gasteiger partial charge in [0.25, 0.3) is 0 Å². The Hall–Kier alpha value is -2.96. The summed E-state index contributed by atoms with van der Waals surface area (Å²) < 4.78 is 27.4. The van der Waals surface area contributed by atoms with Gasteiger partial charge in [-0.2, -0.15) is 4.31 Å². The summed E-state index contributed by atoms with van der Waals surface area (Å²) in [5.41, 5.74) is 3.03. The van der Waals surface area contributed by atoms with Gasteiger partial charge in [-0.05, 0) is 13.0 Å². The Morgan fingerprint density at radius 3 is 2.72 bits per heavy atom. The molecule has 0 aromatic carbocycles. The van der Waals surface area contributed by atoms with Crippen molar-refractivity contribution in [1.82, 2.24) is 33.6 Å². The van der Waals surface area contributed by atoms with Crippen LogP contribution >= 0.6 is 11.6 Å². The summed E-state index contributed by atoms with van der Waals surface area (Å²) in [4.78, 5) is 22.3. The molecule has 32 heavy (non-hydrogen) atoms. The van der Waals surface area contributed by atoms with E-state index in [2.05, 4.69) is 35.1 Å². The van der Waals surface area contributed by atoms with Crippen LogP contribution in [-0.2, 0) is 10.0 Å². The second-order valence-electron chi connectivity index (χ2n) is 7.76. The molecule has 1 aliphatic rings. The van der Waals surface area contributed by atoms with Crippen molar-refractivity contribution in [1.29, 1.82) is 0 Å². The molecule has 4 aromatic rings. The largest absolute Gasteiger partial charge is 0.361 e. The SMILES string of the molecule is CC(Nc1ncnc2[nH]cnc12)c1cc(Cl)c2cncn2c1N1CCN(S(C)(=O)=O)CC1. The van der Waals surface area contributed by atoms with E-state index in [-0.39, 0.29) is 6.04 Å². The van der Waals surface area contributed by atoms with E-state index in [1.54, 1.807) is 18.9 Å². The Morgan fingerprint density at radius 2 is 1.97 bits per heavy atom. The molecular formula is C19H22ClN9O2S. The zero-order valence-electron chi connectivity index (χ0n) is 17.5. The van der Waals surface area contributed by atoms with Crippen LogP contribution in [0.25, 0.3) is 16.7 Å². The molecule has 0 amide bonds. The summed E-state index contributed by atoms with van der Waals surface area (Å²) in [6.07, 6.45) is 7.75. The fraction of sp³-hybridized carbons (Fsp3) is 0.368. The third-order valence-corrected chi connectivity index (χ3v) is 7.30. The maximum absolute atomic E-state index is 12.0. The molecule has 0 spiro atoms. The number of fused-ring (bicyclic) bond motifs is 2. The van der Waals surface area contributed by atoms with Gasteiger partial charge in [0.05, 0.1) is 35.4 Å². The fourth-order valence-electron chi connectivity index (χ4n) is 4.09. The standard InChI is InChI=1S/C19H22ClN9O2S/c1-12(26-18-16-17(23-9-22-16)24-10-25-18)13-7-14(20)15-8-21-11-29(15)19(13)27-3-5-28(6-4-27)32(2,30)31/h7-12H,3-6H2,1-2H3,(H2,22,23,24,25,26). The highest BCUT2D eigenvalue weighted by atomic mass is 35.5. The molecule has 1 saturated heterocycles. The van der Waals surface area contributed by atoms with Crippen molar-refractivity contribution in [3.05, 3.63) is 41.8 Å². The topological polar surface area (TPSA) is 124 Å². The van der Waals surface area contributed by atoms with Crippen LogP contribution in [0.5, 0.6) is 0 Å². The number of aromatic amines is 1. The number of H-pyrrole nitrogens is 1. The van der Waals surface area contributed by atoms with Crippen LogP contribution in [0.2, 0.25) is 5.02 Å². The van der Waals surface area contributed by atoms with Crippen LogP contribution in [0.1, 0.15) is 18.5 Å². The van der Waals surface area contributed by atoms with Crippen LogP contribution in [0.15, 0.2) is 31.2 Å². The Balaban J connectivity index is 1.53. The van der Waals surface area contributed by atoms with Crippen molar-refractivity contribution in [3.8, 4) is 0 Å². The van der Waals surface area contributed by atoms with Gasteiger partial charge in [-0.1, -0.05) is 11.6 Å². The van der Waals surface area contributed by atoms with Gasteiger partial charge < -0.3 is 15.2 Å². The second kappa shape index (κ2) is 7.87. The first-order valence-corrected chi connectivity index (χ1v) is 12.3. The fourth-order valence-corrected chi connectivity index (χ4v) is 5.18. The van der Waals surface area contributed by atoms with Crippen LogP contribution in [-0.4, -0.2) is 74.5 Å². The van der Waals surface area contributed by atoms with Crippen LogP contribution < -0.4 is 10.2 Å². The van der Waals surface area contributed by atoms with Crippen molar-refractivity contribution in [3.63, 3.8) is 0 Å². The van der Waals surface area contributed by atoms with E-state index in [0.717, 1.165) is 16.9 Å². The van der Waals surface area contributed by atoms with Gasteiger partial charge >= 0.3 is 0 Å². The van der Waals surface area contributed by atoms with Crippen LogP contribution in [0.3, 0.4) is 0 Å². The van der Waals surface area contributed by atoms with Crippen molar-refractivity contribution in [2.24, 2.45) is 0 Å². The number of sulfonamides is 1. The highest BCUT2D eigenvalue weighted by molar-refractivity contribution is 7.88. The highest BCUT2D eigenvalue weighted by Gasteiger charge is 2.28. The molecule has 168 valence electrons. The van der Waals surface area contributed by atoms with Crippen LogP contribution in [0, 0.1) is 0 Å². The predicted molar refractivity (Wildman–Crippen MR) is 123 cm³/mol. The van der Waals surface area contributed by atoms with E-state index in [4.69, 9.17) is 11.6 Å². The van der Waals surface area contributed by atoms with Gasteiger partial charge in [-0.15, -0.1) is 0 Å². The summed E-state index contributed by atoms with van der Waals surface area (Å²) in [6, 6.07) is 1.74. The van der Waals surface area contributed by atoms with E-state index >= 15 is 0 Å². The van der Waals surface area contributed by atoms with E-state index in [0.29, 0.717) is 48.2 Å². The lowest BCUT2D eigenvalue weighted by Crippen LogP contribution is -2.49. The van der Waals surface area contributed by atoms with E-state index < -0.39 is 10.0 Å². The number of imidazole rings is 2.